The normalized spacial score (nSPS) is 22.8. The number of hydrogen-bond acceptors (Lipinski definition) is 9. The molecule has 4 atom stereocenters. The number of furan rings is 1. The van der Waals surface area contributed by atoms with E-state index in [-0.39, 0.29) is 36.5 Å². The van der Waals surface area contributed by atoms with Gasteiger partial charge in [-0.2, -0.15) is 0 Å². The van der Waals surface area contributed by atoms with Gasteiger partial charge in [0.05, 0.1) is 19.1 Å². The molecular formula is C34H45N7O6S. The van der Waals surface area contributed by atoms with E-state index in [9.17, 15) is 24.0 Å². The zero-order valence-electron chi connectivity index (χ0n) is 28.2. The van der Waals surface area contributed by atoms with Crippen molar-refractivity contribution in [3.63, 3.8) is 0 Å². The second kappa shape index (κ2) is 16.5. The van der Waals surface area contributed by atoms with Gasteiger partial charge in [0.25, 0.3) is 5.91 Å². The number of likely N-dealkylation sites (N-methyl/N-ethyl adjacent to an activating group) is 1. The van der Waals surface area contributed by atoms with Crippen molar-refractivity contribution >= 4 is 40.9 Å². The molecule has 5 amide bonds. The molecule has 1 aromatic carbocycles. The van der Waals surface area contributed by atoms with Crippen LogP contribution in [0, 0.1) is 12.8 Å². The van der Waals surface area contributed by atoms with Gasteiger partial charge < -0.3 is 30.6 Å². The van der Waals surface area contributed by atoms with Gasteiger partial charge in [-0.15, -0.1) is 11.3 Å². The van der Waals surface area contributed by atoms with Crippen LogP contribution >= 0.6 is 11.3 Å². The van der Waals surface area contributed by atoms with Crippen LogP contribution in [0.25, 0.3) is 0 Å². The molecule has 14 heteroatoms. The maximum atomic E-state index is 13.6. The molecule has 0 saturated heterocycles. The second-order valence-corrected chi connectivity index (χ2v) is 13.4. The maximum Gasteiger partial charge on any atom is 0.271 e. The van der Waals surface area contributed by atoms with E-state index >= 15 is 0 Å². The number of nitrogens with one attached hydrogen (secondary N) is 4. The summed E-state index contributed by atoms with van der Waals surface area (Å²) in [6, 6.07) is 10.0. The molecule has 0 unspecified atom stereocenters. The number of amides is 5. The maximum absolute atomic E-state index is 13.6. The summed E-state index contributed by atoms with van der Waals surface area (Å²) < 4.78 is 5.79. The van der Waals surface area contributed by atoms with Crippen molar-refractivity contribution in [3.8, 4) is 0 Å². The van der Waals surface area contributed by atoms with Crippen molar-refractivity contribution in [1.29, 1.82) is 0 Å². The fourth-order valence-corrected chi connectivity index (χ4v) is 6.15. The highest BCUT2D eigenvalue weighted by Gasteiger charge is 2.31. The van der Waals surface area contributed by atoms with Crippen molar-refractivity contribution in [3.05, 3.63) is 75.6 Å². The molecule has 48 heavy (non-hydrogen) atoms. The van der Waals surface area contributed by atoms with E-state index in [1.54, 1.807) is 33.2 Å². The number of rotatable bonds is 5. The molecule has 2 aromatic heterocycles. The summed E-state index contributed by atoms with van der Waals surface area (Å²) in [4.78, 5) is 74.4. The molecule has 1 aliphatic heterocycles. The Morgan fingerprint density at radius 1 is 0.917 bits per heavy atom. The SMILES string of the molecule is Cc1ccc(CN2CCN(C)C(=O)[C@@H](C)NC(=O)[C@H](C(C)C)NC(=O)[C@H](C)NC(=O)c3csc(n3)[C@H](Cc3ccccc3)NC(=O)C2)o1. The fraction of sp³-hybridized carbons (Fsp3) is 0.471. The van der Waals surface area contributed by atoms with E-state index in [1.807, 2.05) is 54.3 Å². The molecule has 1 aliphatic rings. The Balaban J connectivity index is 1.65. The Hall–Kier alpha value is -4.56. The van der Waals surface area contributed by atoms with E-state index < -0.39 is 41.9 Å². The molecule has 4 rings (SSSR count). The van der Waals surface area contributed by atoms with Crippen molar-refractivity contribution in [2.24, 2.45) is 5.92 Å². The van der Waals surface area contributed by atoms with E-state index in [1.165, 1.54) is 23.2 Å². The predicted octanol–water partition coefficient (Wildman–Crippen LogP) is 2.18. The highest BCUT2D eigenvalue weighted by atomic mass is 32.1. The lowest BCUT2D eigenvalue weighted by Crippen LogP contribution is -2.57. The number of aryl methyl sites for hydroxylation is 1. The van der Waals surface area contributed by atoms with Crippen LogP contribution < -0.4 is 21.3 Å². The summed E-state index contributed by atoms with van der Waals surface area (Å²) in [7, 11) is 1.64. The van der Waals surface area contributed by atoms with Gasteiger partial charge in [-0.1, -0.05) is 44.2 Å². The Morgan fingerprint density at radius 2 is 1.65 bits per heavy atom. The minimum Gasteiger partial charge on any atom is -0.465 e. The van der Waals surface area contributed by atoms with Crippen LogP contribution in [0.3, 0.4) is 0 Å². The molecule has 0 spiro atoms. The molecule has 0 fully saturated rings. The Bertz CT molecular complexity index is 1590. The summed E-state index contributed by atoms with van der Waals surface area (Å²) in [5.74, 6) is -1.13. The standard InChI is InChI=1S/C34H45N7O6S/c1-20(2)29-32(45)36-23(5)34(46)40(6)14-15-41(17-25-13-12-21(3)47-25)18-28(42)37-26(16-24-10-8-7-9-11-24)33-38-27(19-48-33)31(44)35-22(4)30(43)39-29/h7-13,19-20,22-23,26,29H,14-18H2,1-6H3,(H,35,44)(H,36,45)(H,37,42)(H,39,43)/t22-,23+,26-,29-/m0/s1. The summed E-state index contributed by atoms with van der Waals surface area (Å²) >= 11 is 1.24. The zero-order valence-corrected chi connectivity index (χ0v) is 29.1. The van der Waals surface area contributed by atoms with Crippen molar-refractivity contribution in [2.75, 3.05) is 26.7 Å². The van der Waals surface area contributed by atoms with Gasteiger partial charge in [0.2, 0.25) is 23.6 Å². The number of aromatic nitrogens is 1. The molecule has 13 nitrogen and oxygen atoms in total. The summed E-state index contributed by atoms with van der Waals surface area (Å²) in [5.41, 5.74) is 1.08. The highest BCUT2D eigenvalue weighted by molar-refractivity contribution is 7.09. The van der Waals surface area contributed by atoms with Gasteiger partial charge in [-0.05, 0) is 50.8 Å². The quantitative estimate of drug-likeness (QED) is 0.319. The number of thiazole rings is 1. The molecule has 4 N–H and O–H groups in total. The second-order valence-electron chi connectivity index (χ2n) is 12.5. The monoisotopic (exact) mass is 679 g/mol. The van der Waals surface area contributed by atoms with Crippen LogP contribution in [-0.2, 0) is 32.1 Å². The van der Waals surface area contributed by atoms with Gasteiger partial charge in [-0.3, -0.25) is 28.9 Å². The Morgan fingerprint density at radius 3 is 2.31 bits per heavy atom. The van der Waals surface area contributed by atoms with Crippen LogP contribution in [0.2, 0.25) is 0 Å². The number of fused-ring (bicyclic) bond motifs is 2. The van der Waals surface area contributed by atoms with Crippen LogP contribution in [0.5, 0.6) is 0 Å². The van der Waals surface area contributed by atoms with Gasteiger partial charge in [-0.25, -0.2) is 4.98 Å². The van der Waals surface area contributed by atoms with Crippen LogP contribution in [0.15, 0.2) is 52.3 Å². The van der Waals surface area contributed by atoms with Crippen molar-refractivity contribution < 1.29 is 28.4 Å². The average Bonchev–Trinajstić information content (AvgIpc) is 3.70. The number of carbonyl (C=O) groups is 5. The zero-order chi connectivity index (χ0) is 35.0. The first-order chi connectivity index (χ1) is 22.8. The first-order valence-corrected chi connectivity index (χ1v) is 16.9. The third-order valence-corrected chi connectivity index (χ3v) is 9.02. The van der Waals surface area contributed by atoms with Gasteiger partial charge in [0.15, 0.2) is 0 Å². The van der Waals surface area contributed by atoms with Gasteiger partial charge in [0, 0.05) is 25.5 Å². The lowest BCUT2D eigenvalue weighted by Gasteiger charge is -2.28. The molecule has 0 saturated carbocycles. The van der Waals surface area contributed by atoms with Crippen molar-refractivity contribution in [2.45, 2.75) is 71.8 Å². The molecule has 258 valence electrons. The highest BCUT2D eigenvalue weighted by Crippen LogP contribution is 2.23. The number of nitrogens with zero attached hydrogens (tertiary/aromatic N) is 3. The molecule has 0 aliphatic carbocycles. The molecule has 2 bridgehead atoms. The number of carbonyl (C=O) groups excluding carboxylic acids is 5. The largest absolute Gasteiger partial charge is 0.465 e. The predicted molar refractivity (Wildman–Crippen MR) is 181 cm³/mol. The van der Waals surface area contributed by atoms with Crippen molar-refractivity contribution in [1.82, 2.24) is 36.1 Å². The summed E-state index contributed by atoms with van der Waals surface area (Å²) in [5, 5.41) is 13.3. The molecule has 3 aromatic rings. The Labute approximate surface area is 284 Å². The van der Waals surface area contributed by atoms with Crippen LogP contribution in [0.1, 0.15) is 66.3 Å². The summed E-state index contributed by atoms with van der Waals surface area (Å²) in [6.45, 7) is 9.43. The molecular weight excluding hydrogens is 634 g/mol. The van der Waals surface area contributed by atoms with E-state index in [0.717, 1.165) is 11.3 Å². The van der Waals surface area contributed by atoms with Crippen LogP contribution in [-0.4, -0.2) is 89.1 Å². The first-order valence-electron chi connectivity index (χ1n) is 16.0. The van der Waals surface area contributed by atoms with Crippen LogP contribution in [0.4, 0.5) is 0 Å². The molecule has 3 heterocycles. The van der Waals surface area contributed by atoms with E-state index in [0.29, 0.717) is 30.3 Å². The van der Waals surface area contributed by atoms with E-state index in [2.05, 4.69) is 26.3 Å². The Kier molecular flexibility index (Phi) is 12.5. The van der Waals surface area contributed by atoms with Gasteiger partial charge in [0.1, 0.15) is 40.3 Å². The summed E-state index contributed by atoms with van der Waals surface area (Å²) in [6.07, 6.45) is 0.435. The van der Waals surface area contributed by atoms with Gasteiger partial charge >= 0.3 is 0 Å². The minimum atomic E-state index is -0.986. The third kappa shape index (κ3) is 9.97. The number of benzene rings is 1. The molecule has 0 radical (unpaired) electrons. The lowest BCUT2D eigenvalue weighted by atomic mass is 10.0. The smallest absolute Gasteiger partial charge is 0.271 e. The minimum absolute atomic E-state index is 0.000556. The lowest BCUT2D eigenvalue weighted by molar-refractivity contribution is -0.136. The van der Waals surface area contributed by atoms with E-state index in [4.69, 9.17) is 4.42 Å². The first kappa shape index (κ1) is 36.3. The fourth-order valence-electron chi connectivity index (χ4n) is 5.30. The number of hydrogen-bond donors (Lipinski definition) is 4. The average molecular weight is 680 g/mol. The topological polar surface area (TPSA) is 166 Å². The third-order valence-electron chi connectivity index (χ3n) is 8.06.